The maximum Gasteiger partial charge on any atom is 0.434 e. The molecule has 8 aromatic rings. The SMILES string of the molecule is CCOC(=O)c1cnn(-c2cccc(-c3cc(C)ccc3-c3ccc(C4CCC(OC)CC4)cc3)n2)c1C(F)(F)F.CCOC(=O)c1cnn(-c2cccc(-c3cc(C)ccc3-c3ccc(C4CCC(OC)CC4)cc3)n2)c1C(F)(F)F. The number of carbonyl (C=O) groups excluding carboxylic acids is 2. The van der Waals surface area contributed by atoms with Gasteiger partial charge in [-0.3, -0.25) is 0 Å². The zero-order valence-corrected chi connectivity index (χ0v) is 46.5. The quantitative estimate of drug-likeness (QED) is 0.0765. The zero-order valence-electron chi connectivity index (χ0n) is 46.5. The summed E-state index contributed by atoms with van der Waals surface area (Å²) in [6, 6.07) is 38.6. The van der Waals surface area contributed by atoms with Gasteiger partial charge in [0.1, 0.15) is 11.1 Å². The summed E-state index contributed by atoms with van der Waals surface area (Å²) >= 11 is 0. The number of nitrogens with zero attached hydrogens (tertiary/aromatic N) is 6. The van der Waals surface area contributed by atoms with Crippen molar-refractivity contribution in [1.82, 2.24) is 29.5 Å². The lowest BCUT2D eigenvalue weighted by Crippen LogP contribution is -2.19. The highest BCUT2D eigenvalue weighted by Crippen LogP contribution is 2.41. The molecular formula is C64H64F6N6O6. The third-order valence-corrected chi connectivity index (χ3v) is 15.3. The van der Waals surface area contributed by atoms with E-state index in [1.807, 2.05) is 50.2 Å². The van der Waals surface area contributed by atoms with Gasteiger partial charge in [-0.25, -0.2) is 28.9 Å². The van der Waals surface area contributed by atoms with E-state index in [0.717, 1.165) is 108 Å². The van der Waals surface area contributed by atoms with Crippen molar-refractivity contribution < 1.29 is 54.9 Å². The molecule has 2 saturated carbocycles. The second-order valence-corrected chi connectivity index (χ2v) is 20.6. The third kappa shape index (κ3) is 13.2. The molecule has 0 amide bonds. The minimum absolute atomic E-state index is 0.0545. The lowest BCUT2D eigenvalue weighted by atomic mass is 9.82. The number of ether oxygens (including phenoxy) is 4. The van der Waals surface area contributed by atoms with Crippen LogP contribution in [-0.2, 0) is 31.3 Å². The number of hydrogen-bond donors (Lipinski definition) is 0. The molecule has 428 valence electrons. The standard InChI is InChI=1S/2C32H32F3N3O3/c2*1-4-41-31(39)27-19-36-38(30(27)32(33,34)35)29-7-5-6-28(37-29)26-18-20(2)8-17-25(26)23-11-9-21(10-12-23)22-13-15-24(40-3)16-14-22/h2*5-12,17-19,22,24H,4,13-16H2,1-3H3. The molecule has 0 radical (unpaired) electrons. The van der Waals surface area contributed by atoms with Gasteiger partial charge in [-0.2, -0.15) is 36.5 Å². The topological polar surface area (TPSA) is 132 Å². The van der Waals surface area contributed by atoms with Gasteiger partial charge in [0, 0.05) is 25.3 Å². The first-order chi connectivity index (χ1) is 39.4. The highest BCUT2D eigenvalue weighted by molar-refractivity contribution is 5.91. The van der Waals surface area contributed by atoms with Crippen LogP contribution in [-0.4, -0.2) is 81.1 Å². The van der Waals surface area contributed by atoms with Crippen LogP contribution < -0.4 is 0 Å². The number of rotatable bonds is 14. The van der Waals surface area contributed by atoms with Gasteiger partial charge in [0.2, 0.25) is 0 Å². The molecule has 12 nitrogen and oxygen atoms in total. The minimum atomic E-state index is -4.85. The molecule has 4 heterocycles. The second-order valence-electron chi connectivity index (χ2n) is 20.6. The first kappa shape index (κ1) is 58.7. The number of pyridine rings is 2. The first-order valence-electron chi connectivity index (χ1n) is 27.5. The molecule has 0 atom stereocenters. The van der Waals surface area contributed by atoms with Gasteiger partial charge >= 0.3 is 24.3 Å². The van der Waals surface area contributed by atoms with Crippen LogP contribution in [0.15, 0.2) is 134 Å². The van der Waals surface area contributed by atoms with Gasteiger partial charge < -0.3 is 18.9 Å². The first-order valence-corrected chi connectivity index (χ1v) is 27.5. The molecular weight excluding hydrogens is 1060 g/mol. The van der Waals surface area contributed by atoms with E-state index < -0.39 is 46.8 Å². The van der Waals surface area contributed by atoms with Gasteiger partial charge in [0.25, 0.3) is 0 Å². The van der Waals surface area contributed by atoms with Crippen molar-refractivity contribution in [3.63, 3.8) is 0 Å². The average molecular weight is 1130 g/mol. The van der Waals surface area contributed by atoms with Crippen molar-refractivity contribution in [3.05, 3.63) is 178 Å². The summed E-state index contributed by atoms with van der Waals surface area (Å²) in [4.78, 5) is 33.6. The van der Waals surface area contributed by atoms with Crippen LogP contribution in [0.25, 0.3) is 56.4 Å². The maximum atomic E-state index is 14.1. The number of aryl methyl sites for hydroxylation is 2. The summed E-state index contributed by atoms with van der Waals surface area (Å²) in [5.41, 5.74) is 7.18. The summed E-state index contributed by atoms with van der Waals surface area (Å²) in [7, 11) is 3.54. The van der Waals surface area contributed by atoms with Gasteiger partial charge in [0.15, 0.2) is 23.0 Å². The van der Waals surface area contributed by atoms with E-state index in [1.54, 1.807) is 38.5 Å². The average Bonchev–Trinajstić information content (AvgIpc) is 4.30. The summed E-state index contributed by atoms with van der Waals surface area (Å²) in [5, 5.41) is 7.76. The van der Waals surface area contributed by atoms with E-state index in [0.29, 0.717) is 44.8 Å². The molecule has 0 aliphatic heterocycles. The normalized spacial score (nSPS) is 17.4. The molecule has 2 aliphatic rings. The van der Waals surface area contributed by atoms with Gasteiger partial charge in [-0.05, 0) is 161 Å². The van der Waals surface area contributed by atoms with Crippen LogP contribution in [0, 0.1) is 13.8 Å². The van der Waals surface area contributed by atoms with E-state index >= 15 is 0 Å². The molecule has 18 heteroatoms. The molecule has 2 aliphatic carbocycles. The predicted octanol–water partition coefficient (Wildman–Crippen LogP) is 15.6. The van der Waals surface area contributed by atoms with Crippen LogP contribution in [0.1, 0.15) is 131 Å². The largest absolute Gasteiger partial charge is 0.462 e. The van der Waals surface area contributed by atoms with Crippen molar-refractivity contribution in [3.8, 4) is 56.4 Å². The molecule has 82 heavy (non-hydrogen) atoms. The Morgan fingerprint density at radius 2 is 0.866 bits per heavy atom. The van der Waals surface area contributed by atoms with Gasteiger partial charge in [0.05, 0.1) is 49.2 Å². The summed E-state index contributed by atoms with van der Waals surface area (Å²) in [5.74, 6) is -1.28. The Morgan fingerprint density at radius 3 is 1.20 bits per heavy atom. The van der Waals surface area contributed by atoms with E-state index in [-0.39, 0.29) is 24.8 Å². The molecule has 0 bridgehead atoms. The summed E-state index contributed by atoms with van der Waals surface area (Å²) < 4.78 is 107. The van der Waals surface area contributed by atoms with Crippen molar-refractivity contribution in [2.24, 2.45) is 0 Å². The van der Waals surface area contributed by atoms with Crippen LogP contribution in [0.3, 0.4) is 0 Å². The fraction of sp³-hybridized carbons (Fsp3) is 0.344. The number of halogens is 6. The zero-order chi connectivity index (χ0) is 58.3. The molecule has 0 spiro atoms. The van der Waals surface area contributed by atoms with Crippen molar-refractivity contribution >= 4 is 11.9 Å². The fourth-order valence-corrected chi connectivity index (χ4v) is 11.1. The molecule has 0 saturated heterocycles. The van der Waals surface area contributed by atoms with Crippen LogP contribution >= 0.6 is 0 Å². The Morgan fingerprint density at radius 1 is 0.500 bits per heavy atom. The number of hydrogen-bond acceptors (Lipinski definition) is 10. The second kappa shape index (κ2) is 25.5. The van der Waals surface area contributed by atoms with Gasteiger partial charge in [-0.15, -0.1) is 0 Å². The summed E-state index contributed by atoms with van der Waals surface area (Å²) in [6.07, 6.45) is 1.32. The molecule has 0 unspecified atom stereocenters. The Hall–Kier alpha value is -7.96. The Labute approximate surface area is 472 Å². The van der Waals surface area contributed by atoms with Crippen molar-refractivity contribution in [2.75, 3.05) is 27.4 Å². The van der Waals surface area contributed by atoms with E-state index in [2.05, 4.69) is 68.7 Å². The molecule has 4 aromatic heterocycles. The smallest absolute Gasteiger partial charge is 0.434 e. The molecule has 4 aromatic carbocycles. The predicted molar refractivity (Wildman–Crippen MR) is 300 cm³/mol. The number of benzene rings is 4. The monoisotopic (exact) mass is 1130 g/mol. The van der Waals surface area contributed by atoms with Crippen molar-refractivity contribution in [1.29, 1.82) is 0 Å². The number of aromatic nitrogens is 6. The highest BCUT2D eigenvalue weighted by atomic mass is 19.4. The summed E-state index contributed by atoms with van der Waals surface area (Å²) in [6.45, 7) is 6.86. The fourth-order valence-electron chi connectivity index (χ4n) is 11.1. The maximum absolute atomic E-state index is 14.1. The Bertz CT molecular complexity index is 3270. The Balaban J connectivity index is 0.000000198. The number of alkyl halides is 6. The van der Waals surface area contributed by atoms with Crippen LogP contribution in [0.5, 0.6) is 0 Å². The van der Waals surface area contributed by atoms with Crippen LogP contribution in [0.4, 0.5) is 26.3 Å². The van der Waals surface area contributed by atoms with Crippen LogP contribution in [0.2, 0.25) is 0 Å². The molecule has 2 fully saturated rings. The van der Waals surface area contributed by atoms with Gasteiger partial charge in [-0.1, -0.05) is 96.1 Å². The van der Waals surface area contributed by atoms with E-state index in [1.165, 1.54) is 37.1 Å². The molecule has 0 N–H and O–H groups in total. The number of methoxy groups -OCH3 is 2. The molecule has 10 rings (SSSR count). The lowest BCUT2D eigenvalue weighted by molar-refractivity contribution is -0.144. The lowest BCUT2D eigenvalue weighted by Gasteiger charge is -2.28. The number of esters is 2. The third-order valence-electron chi connectivity index (χ3n) is 15.3. The van der Waals surface area contributed by atoms with Crippen molar-refractivity contribution in [2.45, 2.75) is 115 Å². The van der Waals surface area contributed by atoms with E-state index in [9.17, 15) is 35.9 Å². The minimum Gasteiger partial charge on any atom is -0.462 e. The highest BCUT2D eigenvalue weighted by Gasteiger charge is 2.43. The number of carbonyl (C=O) groups is 2. The van der Waals surface area contributed by atoms with E-state index in [4.69, 9.17) is 18.9 Å². The Kier molecular flexibility index (Phi) is 18.2.